The van der Waals surface area contributed by atoms with Crippen LogP contribution in [-0.4, -0.2) is 37.7 Å². The molecule has 0 aromatic rings. The monoisotopic (exact) mass is 202 g/mol. The maximum atomic E-state index is 10.9. The van der Waals surface area contributed by atoms with Gasteiger partial charge in [0, 0.05) is 18.6 Å². The highest BCUT2D eigenvalue weighted by Crippen LogP contribution is 1.96. The molecule has 0 spiro atoms. The van der Waals surface area contributed by atoms with Gasteiger partial charge in [-0.3, -0.25) is 4.79 Å². The van der Waals surface area contributed by atoms with Gasteiger partial charge in [-0.15, -0.1) is 0 Å². The first-order valence-electron chi connectivity index (χ1n) is 5.07. The predicted octanol–water partition coefficient (Wildman–Crippen LogP) is 0.527. The quantitative estimate of drug-likeness (QED) is 0.487. The lowest BCUT2D eigenvalue weighted by molar-refractivity contribution is -0.141. The highest BCUT2D eigenvalue weighted by atomic mass is 16.5. The Labute approximate surface area is 86.4 Å². The number of esters is 1. The van der Waals surface area contributed by atoms with Crippen LogP contribution < -0.4 is 10.6 Å². The second kappa shape index (κ2) is 6.79. The van der Waals surface area contributed by atoms with Crippen LogP contribution in [0.5, 0.6) is 0 Å². The molecule has 84 valence electrons. The first-order chi connectivity index (χ1) is 6.45. The maximum absolute atomic E-state index is 10.9. The Morgan fingerprint density at radius 1 is 1.29 bits per heavy atom. The van der Waals surface area contributed by atoms with Crippen molar-refractivity contribution in [3.63, 3.8) is 0 Å². The molecule has 4 heteroatoms. The summed E-state index contributed by atoms with van der Waals surface area (Å²) in [6.45, 7) is 10.5. The number of nitrogens with one attached hydrogen (secondary N) is 2. The van der Waals surface area contributed by atoms with Gasteiger partial charge in [0.2, 0.25) is 0 Å². The lowest BCUT2D eigenvalue weighted by atomic mass is 10.1. The second-order valence-electron chi connectivity index (χ2n) is 4.16. The summed E-state index contributed by atoms with van der Waals surface area (Å²) in [5.41, 5.74) is 0.131. The Bertz CT molecular complexity index is 164. The lowest BCUT2D eigenvalue weighted by Crippen LogP contribution is -2.41. The minimum atomic E-state index is -0.191. The number of rotatable bonds is 6. The van der Waals surface area contributed by atoms with Gasteiger partial charge in [-0.25, -0.2) is 0 Å². The maximum Gasteiger partial charge on any atom is 0.319 e. The Morgan fingerprint density at radius 3 is 2.43 bits per heavy atom. The van der Waals surface area contributed by atoms with Crippen LogP contribution in [0.2, 0.25) is 0 Å². The lowest BCUT2D eigenvalue weighted by Gasteiger charge is -2.20. The Kier molecular flexibility index (Phi) is 6.49. The van der Waals surface area contributed by atoms with E-state index in [1.54, 1.807) is 6.92 Å². The number of hydrogen-bond acceptors (Lipinski definition) is 4. The fourth-order valence-electron chi connectivity index (χ4n) is 0.928. The van der Waals surface area contributed by atoms with E-state index in [2.05, 4.69) is 31.4 Å². The smallest absolute Gasteiger partial charge is 0.319 e. The van der Waals surface area contributed by atoms with Crippen molar-refractivity contribution < 1.29 is 9.53 Å². The minimum absolute atomic E-state index is 0.131. The number of carbonyl (C=O) groups excluding carboxylic acids is 1. The Hall–Kier alpha value is -0.610. The van der Waals surface area contributed by atoms with E-state index >= 15 is 0 Å². The summed E-state index contributed by atoms with van der Waals surface area (Å²) in [5.74, 6) is -0.191. The van der Waals surface area contributed by atoms with E-state index in [9.17, 15) is 4.79 Å². The van der Waals surface area contributed by atoms with Crippen molar-refractivity contribution >= 4 is 5.97 Å². The van der Waals surface area contributed by atoms with Crippen molar-refractivity contribution in [1.82, 2.24) is 10.6 Å². The molecule has 0 aliphatic carbocycles. The van der Waals surface area contributed by atoms with Crippen LogP contribution in [0, 0.1) is 0 Å². The third kappa shape index (κ3) is 9.48. The van der Waals surface area contributed by atoms with E-state index < -0.39 is 0 Å². The van der Waals surface area contributed by atoms with Gasteiger partial charge < -0.3 is 15.4 Å². The third-order valence-corrected chi connectivity index (χ3v) is 1.53. The summed E-state index contributed by atoms with van der Waals surface area (Å²) >= 11 is 0. The zero-order valence-electron chi connectivity index (χ0n) is 9.64. The van der Waals surface area contributed by atoms with Gasteiger partial charge in [0.1, 0.15) is 0 Å². The largest absolute Gasteiger partial charge is 0.465 e. The zero-order valence-corrected chi connectivity index (χ0v) is 9.64. The molecule has 0 saturated carbocycles. The minimum Gasteiger partial charge on any atom is -0.465 e. The second-order valence-corrected chi connectivity index (χ2v) is 4.16. The van der Waals surface area contributed by atoms with Gasteiger partial charge in [0.25, 0.3) is 0 Å². The van der Waals surface area contributed by atoms with Crippen molar-refractivity contribution in [2.45, 2.75) is 33.2 Å². The summed E-state index contributed by atoms with van der Waals surface area (Å²) < 4.78 is 4.77. The molecule has 4 nitrogen and oxygen atoms in total. The van der Waals surface area contributed by atoms with Gasteiger partial charge >= 0.3 is 5.97 Å². The molecule has 0 saturated heterocycles. The van der Waals surface area contributed by atoms with Crippen LogP contribution in [0.3, 0.4) is 0 Å². The van der Waals surface area contributed by atoms with Crippen LogP contribution in [-0.2, 0) is 9.53 Å². The molecule has 0 aromatic heterocycles. The topological polar surface area (TPSA) is 50.4 Å². The fourth-order valence-corrected chi connectivity index (χ4v) is 0.928. The molecular formula is C10H22N2O2. The van der Waals surface area contributed by atoms with Crippen LogP contribution >= 0.6 is 0 Å². The van der Waals surface area contributed by atoms with Crippen molar-refractivity contribution in [2.24, 2.45) is 0 Å². The molecule has 0 aromatic carbocycles. The SMILES string of the molecule is CCOC(=O)CNCCNC(C)(C)C. The van der Waals surface area contributed by atoms with Gasteiger partial charge in [0.15, 0.2) is 0 Å². The summed E-state index contributed by atoms with van der Waals surface area (Å²) in [4.78, 5) is 10.9. The standard InChI is InChI=1S/C10H22N2O2/c1-5-14-9(13)8-11-6-7-12-10(2,3)4/h11-12H,5-8H2,1-4H3. The molecule has 0 heterocycles. The van der Waals surface area contributed by atoms with Crippen LogP contribution in [0.15, 0.2) is 0 Å². The van der Waals surface area contributed by atoms with E-state index in [1.165, 1.54) is 0 Å². The predicted molar refractivity (Wildman–Crippen MR) is 57.3 cm³/mol. The molecule has 0 radical (unpaired) electrons. The molecule has 0 bridgehead atoms. The van der Waals surface area contributed by atoms with Crippen LogP contribution in [0.25, 0.3) is 0 Å². The third-order valence-electron chi connectivity index (χ3n) is 1.53. The average Bonchev–Trinajstić information content (AvgIpc) is 2.02. The highest BCUT2D eigenvalue weighted by Gasteiger charge is 2.07. The molecule has 0 rings (SSSR count). The molecule has 14 heavy (non-hydrogen) atoms. The molecule has 0 atom stereocenters. The van der Waals surface area contributed by atoms with Crippen LogP contribution in [0.4, 0.5) is 0 Å². The van der Waals surface area contributed by atoms with Crippen molar-refractivity contribution in [1.29, 1.82) is 0 Å². The fraction of sp³-hybridized carbons (Fsp3) is 0.900. The van der Waals surface area contributed by atoms with Gasteiger partial charge in [-0.05, 0) is 27.7 Å². The van der Waals surface area contributed by atoms with E-state index in [4.69, 9.17) is 4.74 Å². The number of carbonyl (C=O) groups is 1. The summed E-state index contributed by atoms with van der Waals surface area (Å²) in [7, 11) is 0. The summed E-state index contributed by atoms with van der Waals surface area (Å²) in [6.07, 6.45) is 0. The zero-order chi connectivity index (χ0) is 11.0. The molecule has 0 amide bonds. The van der Waals surface area contributed by atoms with Crippen LogP contribution in [0.1, 0.15) is 27.7 Å². The first kappa shape index (κ1) is 13.4. The normalized spacial score (nSPS) is 11.4. The molecule has 0 fully saturated rings. The van der Waals surface area contributed by atoms with Gasteiger partial charge in [0.05, 0.1) is 13.2 Å². The van der Waals surface area contributed by atoms with E-state index in [0.717, 1.165) is 13.1 Å². The van der Waals surface area contributed by atoms with Gasteiger partial charge in [-0.2, -0.15) is 0 Å². The van der Waals surface area contributed by atoms with Crippen molar-refractivity contribution in [3.8, 4) is 0 Å². The van der Waals surface area contributed by atoms with E-state index in [0.29, 0.717) is 13.2 Å². The molecule has 0 unspecified atom stereocenters. The van der Waals surface area contributed by atoms with Gasteiger partial charge in [-0.1, -0.05) is 0 Å². The molecule has 0 aliphatic rings. The Morgan fingerprint density at radius 2 is 1.93 bits per heavy atom. The average molecular weight is 202 g/mol. The van der Waals surface area contributed by atoms with E-state index in [1.807, 2.05) is 0 Å². The highest BCUT2D eigenvalue weighted by molar-refractivity contribution is 5.71. The summed E-state index contributed by atoms with van der Waals surface area (Å²) in [5, 5.41) is 6.32. The van der Waals surface area contributed by atoms with Crippen molar-refractivity contribution in [2.75, 3.05) is 26.2 Å². The molecular weight excluding hydrogens is 180 g/mol. The van der Waals surface area contributed by atoms with E-state index in [-0.39, 0.29) is 11.5 Å². The van der Waals surface area contributed by atoms with Crippen molar-refractivity contribution in [3.05, 3.63) is 0 Å². The molecule has 2 N–H and O–H groups in total. The summed E-state index contributed by atoms with van der Waals surface area (Å²) in [6, 6.07) is 0. The number of hydrogen-bond donors (Lipinski definition) is 2. The first-order valence-corrected chi connectivity index (χ1v) is 5.07. The molecule has 0 aliphatic heterocycles. The Balaban J connectivity index is 3.26. The number of ether oxygens (including phenoxy) is 1.